The van der Waals surface area contributed by atoms with E-state index in [4.69, 9.17) is 5.73 Å². The Labute approximate surface area is 104 Å². The first-order chi connectivity index (χ1) is 8.59. The Morgan fingerprint density at radius 2 is 2.28 bits per heavy atom. The maximum Gasteiger partial charge on any atom is 0.245 e. The normalized spacial score (nSPS) is 11.8. The van der Waals surface area contributed by atoms with E-state index in [0.29, 0.717) is 19.4 Å². The van der Waals surface area contributed by atoms with Crippen molar-refractivity contribution in [2.24, 2.45) is 0 Å². The first-order valence-electron chi connectivity index (χ1n) is 5.36. The molecule has 0 fully saturated rings. The van der Waals surface area contributed by atoms with Gasteiger partial charge in [0.2, 0.25) is 10.0 Å². The van der Waals surface area contributed by atoms with Gasteiger partial charge in [-0.25, -0.2) is 18.1 Å². The number of sulfonamides is 1. The third kappa shape index (κ3) is 2.87. The molecule has 0 unspecified atom stereocenters. The molecule has 9 heteroatoms. The highest BCUT2D eigenvalue weighted by molar-refractivity contribution is 7.89. The molecule has 0 aromatic carbocycles. The number of nitrogens with one attached hydrogen (secondary N) is 3. The summed E-state index contributed by atoms with van der Waals surface area (Å²) in [4.78, 5) is 6.97. The minimum atomic E-state index is -3.59. The van der Waals surface area contributed by atoms with E-state index in [1.807, 2.05) is 0 Å². The molecule has 0 aliphatic rings. The predicted octanol–water partition coefficient (Wildman–Crippen LogP) is -0.374. The van der Waals surface area contributed by atoms with Crippen molar-refractivity contribution in [3.8, 4) is 0 Å². The average molecular weight is 270 g/mol. The predicted molar refractivity (Wildman–Crippen MR) is 65.1 cm³/mol. The summed E-state index contributed by atoms with van der Waals surface area (Å²) >= 11 is 0. The maximum atomic E-state index is 11.8. The number of hydrogen-bond donors (Lipinski definition) is 4. The van der Waals surface area contributed by atoms with Crippen LogP contribution < -0.4 is 10.5 Å². The van der Waals surface area contributed by atoms with Crippen molar-refractivity contribution >= 4 is 15.8 Å². The lowest BCUT2D eigenvalue weighted by atomic mass is 10.3. The van der Waals surface area contributed by atoms with Crippen molar-refractivity contribution < 1.29 is 8.42 Å². The second-order valence-electron chi connectivity index (χ2n) is 3.69. The Kier molecular flexibility index (Phi) is 3.63. The molecule has 98 valence electrons. The first kappa shape index (κ1) is 12.6. The molecule has 5 N–H and O–H groups in total. The SMILES string of the molecule is Nc1[nH]ncc1S(=O)(=O)NCCCc1ncc[nH]1. The summed E-state index contributed by atoms with van der Waals surface area (Å²) < 4.78 is 26.1. The topological polar surface area (TPSA) is 130 Å². The minimum absolute atomic E-state index is 0.0273. The van der Waals surface area contributed by atoms with Gasteiger partial charge in [0, 0.05) is 25.4 Å². The van der Waals surface area contributed by atoms with Gasteiger partial charge in [0.05, 0.1) is 6.20 Å². The molecule has 2 rings (SSSR count). The van der Waals surface area contributed by atoms with Crippen LogP contribution in [0.15, 0.2) is 23.5 Å². The molecule has 0 spiro atoms. The van der Waals surface area contributed by atoms with E-state index in [1.54, 1.807) is 12.4 Å². The fourth-order valence-corrected chi connectivity index (χ4v) is 2.57. The summed E-state index contributed by atoms with van der Waals surface area (Å²) in [5.74, 6) is 0.866. The number of anilines is 1. The number of aromatic amines is 2. The summed E-state index contributed by atoms with van der Waals surface area (Å²) in [5.41, 5.74) is 5.46. The van der Waals surface area contributed by atoms with Gasteiger partial charge in [-0.2, -0.15) is 5.10 Å². The number of rotatable bonds is 6. The van der Waals surface area contributed by atoms with Gasteiger partial charge in [-0.15, -0.1) is 0 Å². The molecule has 0 aliphatic carbocycles. The average Bonchev–Trinajstić information content (AvgIpc) is 2.95. The number of aromatic nitrogens is 4. The van der Waals surface area contributed by atoms with E-state index in [0.717, 1.165) is 5.82 Å². The van der Waals surface area contributed by atoms with Crippen LogP contribution in [-0.4, -0.2) is 35.1 Å². The molecule has 0 saturated carbocycles. The number of nitrogens with zero attached hydrogens (tertiary/aromatic N) is 2. The molecular formula is C9H14N6O2S. The molecule has 0 saturated heterocycles. The Morgan fingerprint density at radius 3 is 2.89 bits per heavy atom. The quantitative estimate of drug-likeness (QED) is 0.532. The Morgan fingerprint density at radius 1 is 1.44 bits per heavy atom. The summed E-state index contributed by atoms with van der Waals surface area (Å²) in [6, 6.07) is 0. The lowest BCUT2D eigenvalue weighted by molar-refractivity contribution is 0.579. The highest BCUT2D eigenvalue weighted by atomic mass is 32.2. The number of H-pyrrole nitrogens is 2. The van der Waals surface area contributed by atoms with E-state index in [9.17, 15) is 8.42 Å². The van der Waals surface area contributed by atoms with Crippen molar-refractivity contribution in [1.29, 1.82) is 0 Å². The summed E-state index contributed by atoms with van der Waals surface area (Å²) in [6.07, 6.45) is 5.89. The lowest BCUT2D eigenvalue weighted by Gasteiger charge is -2.04. The van der Waals surface area contributed by atoms with Crippen LogP contribution in [-0.2, 0) is 16.4 Å². The third-order valence-electron chi connectivity index (χ3n) is 2.36. The number of aryl methyl sites for hydroxylation is 1. The molecule has 8 nitrogen and oxygen atoms in total. The van der Waals surface area contributed by atoms with Crippen LogP contribution in [0.4, 0.5) is 5.82 Å². The van der Waals surface area contributed by atoms with E-state index >= 15 is 0 Å². The van der Waals surface area contributed by atoms with Crippen molar-refractivity contribution in [1.82, 2.24) is 24.9 Å². The van der Waals surface area contributed by atoms with Crippen LogP contribution in [0.5, 0.6) is 0 Å². The molecule has 0 bridgehead atoms. The van der Waals surface area contributed by atoms with Gasteiger partial charge in [-0.1, -0.05) is 0 Å². The smallest absolute Gasteiger partial charge is 0.245 e. The van der Waals surface area contributed by atoms with Gasteiger partial charge in [0.1, 0.15) is 16.5 Å². The van der Waals surface area contributed by atoms with E-state index in [1.165, 1.54) is 6.20 Å². The third-order valence-corrected chi connectivity index (χ3v) is 3.85. The van der Waals surface area contributed by atoms with E-state index in [2.05, 4.69) is 24.9 Å². The monoisotopic (exact) mass is 270 g/mol. The fraction of sp³-hybridized carbons (Fsp3) is 0.333. The minimum Gasteiger partial charge on any atom is -0.383 e. The molecule has 2 aromatic heterocycles. The Hall–Kier alpha value is -1.87. The van der Waals surface area contributed by atoms with Crippen molar-refractivity contribution in [2.45, 2.75) is 17.7 Å². The first-order valence-corrected chi connectivity index (χ1v) is 6.84. The van der Waals surface area contributed by atoms with E-state index in [-0.39, 0.29) is 10.7 Å². The number of nitrogen functional groups attached to an aromatic ring is 1. The number of nitrogens with two attached hydrogens (primary N) is 1. The molecule has 0 aliphatic heterocycles. The summed E-state index contributed by atoms with van der Waals surface area (Å²) in [6.45, 7) is 0.313. The van der Waals surface area contributed by atoms with Crippen LogP contribution in [0.1, 0.15) is 12.2 Å². The Bertz CT molecular complexity index is 588. The fourth-order valence-electron chi connectivity index (χ4n) is 1.47. The molecule has 18 heavy (non-hydrogen) atoms. The highest BCUT2D eigenvalue weighted by Gasteiger charge is 2.18. The molecule has 0 amide bonds. The lowest BCUT2D eigenvalue weighted by Crippen LogP contribution is -2.25. The van der Waals surface area contributed by atoms with Gasteiger partial charge in [0.15, 0.2) is 0 Å². The van der Waals surface area contributed by atoms with E-state index < -0.39 is 10.0 Å². The van der Waals surface area contributed by atoms with Crippen LogP contribution in [0.3, 0.4) is 0 Å². The summed E-state index contributed by atoms with van der Waals surface area (Å²) in [5, 5.41) is 5.95. The Balaban J connectivity index is 1.85. The van der Waals surface area contributed by atoms with Gasteiger partial charge >= 0.3 is 0 Å². The van der Waals surface area contributed by atoms with Crippen molar-refractivity contribution in [2.75, 3.05) is 12.3 Å². The summed E-state index contributed by atoms with van der Waals surface area (Å²) in [7, 11) is -3.59. The standard InChI is InChI=1S/C9H14N6O2S/c10-9-7(6-13-15-9)18(16,17)14-3-1-2-8-11-4-5-12-8/h4-6,14H,1-3H2,(H,11,12)(H3,10,13,15). The second-order valence-corrected chi connectivity index (χ2v) is 5.42. The van der Waals surface area contributed by atoms with Gasteiger partial charge in [-0.3, -0.25) is 5.10 Å². The van der Waals surface area contributed by atoms with Crippen molar-refractivity contribution in [3.05, 3.63) is 24.4 Å². The van der Waals surface area contributed by atoms with Gasteiger partial charge < -0.3 is 10.7 Å². The van der Waals surface area contributed by atoms with Crippen LogP contribution in [0, 0.1) is 0 Å². The van der Waals surface area contributed by atoms with Gasteiger partial charge in [-0.05, 0) is 6.42 Å². The number of imidazole rings is 1. The highest BCUT2D eigenvalue weighted by Crippen LogP contribution is 2.13. The number of hydrogen-bond acceptors (Lipinski definition) is 5. The van der Waals surface area contributed by atoms with Crippen molar-refractivity contribution in [3.63, 3.8) is 0 Å². The maximum absolute atomic E-state index is 11.8. The van der Waals surface area contributed by atoms with Gasteiger partial charge in [0.25, 0.3) is 0 Å². The van der Waals surface area contributed by atoms with Crippen LogP contribution >= 0.6 is 0 Å². The zero-order valence-electron chi connectivity index (χ0n) is 9.55. The molecule has 2 heterocycles. The molecule has 0 atom stereocenters. The van der Waals surface area contributed by atoms with Crippen LogP contribution in [0.2, 0.25) is 0 Å². The molecule has 2 aromatic rings. The second kappa shape index (κ2) is 5.19. The van der Waals surface area contributed by atoms with Crippen LogP contribution in [0.25, 0.3) is 0 Å². The zero-order chi connectivity index (χ0) is 13.0. The largest absolute Gasteiger partial charge is 0.383 e. The zero-order valence-corrected chi connectivity index (χ0v) is 10.4. The molecular weight excluding hydrogens is 256 g/mol. The molecule has 0 radical (unpaired) electrons.